The van der Waals surface area contributed by atoms with Gasteiger partial charge >= 0.3 is 0 Å². The van der Waals surface area contributed by atoms with E-state index in [4.69, 9.17) is 9.47 Å². The number of nitrogens with zero attached hydrogens (tertiary/aromatic N) is 2. The fourth-order valence-corrected chi connectivity index (χ4v) is 3.80. The first-order valence-electron chi connectivity index (χ1n) is 9.54. The predicted molar refractivity (Wildman–Crippen MR) is 114 cm³/mol. The van der Waals surface area contributed by atoms with E-state index >= 15 is 0 Å². The van der Waals surface area contributed by atoms with Crippen LogP contribution >= 0.6 is 24.0 Å². The van der Waals surface area contributed by atoms with Crippen LogP contribution in [0.1, 0.15) is 45.4 Å². The van der Waals surface area contributed by atoms with Gasteiger partial charge in [-0.1, -0.05) is 13.3 Å². The van der Waals surface area contributed by atoms with Gasteiger partial charge in [0.2, 0.25) is 0 Å². The van der Waals surface area contributed by atoms with Crippen molar-refractivity contribution in [2.45, 2.75) is 57.1 Å². The number of piperidine rings is 1. The summed E-state index contributed by atoms with van der Waals surface area (Å²) in [5.41, 5.74) is -0.129. The van der Waals surface area contributed by atoms with E-state index in [2.05, 4.69) is 27.4 Å². The number of likely N-dealkylation sites (tertiary alicyclic amines) is 1. The van der Waals surface area contributed by atoms with Gasteiger partial charge in [-0.25, -0.2) is 0 Å². The molecule has 0 radical (unpaired) electrons. The molecule has 2 aliphatic heterocycles. The summed E-state index contributed by atoms with van der Waals surface area (Å²) in [4.78, 5) is 6.97. The van der Waals surface area contributed by atoms with E-state index in [0.717, 1.165) is 57.7 Å². The van der Waals surface area contributed by atoms with Crippen LogP contribution in [0.2, 0.25) is 0 Å². The molecule has 0 amide bonds. The first-order valence-corrected chi connectivity index (χ1v) is 9.54. The molecular formula is C18H37IN4O2. The van der Waals surface area contributed by atoms with Crippen LogP contribution in [0.3, 0.4) is 0 Å². The molecule has 2 rings (SSSR count). The molecule has 2 fully saturated rings. The number of hydrogen-bond donors (Lipinski definition) is 2. The molecule has 7 heteroatoms. The molecule has 0 aromatic heterocycles. The van der Waals surface area contributed by atoms with Gasteiger partial charge < -0.3 is 20.1 Å². The zero-order valence-corrected chi connectivity index (χ0v) is 18.5. The highest BCUT2D eigenvalue weighted by Crippen LogP contribution is 2.23. The molecule has 0 aromatic rings. The van der Waals surface area contributed by atoms with Crippen molar-refractivity contribution in [3.63, 3.8) is 0 Å². The highest BCUT2D eigenvalue weighted by Gasteiger charge is 2.32. The Labute approximate surface area is 170 Å². The Morgan fingerprint density at radius 3 is 2.68 bits per heavy atom. The maximum absolute atomic E-state index is 5.77. The minimum Gasteiger partial charge on any atom is -0.381 e. The smallest absolute Gasteiger partial charge is 0.191 e. The average Bonchev–Trinajstić information content (AvgIpc) is 2.65. The van der Waals surface area contributed by atoms with Crippen LogP contribution in [0, 0.1) is 0 Å². The lowest BCUT2D eigenvalue weighted by Crippen LogP contribution is -2.52. The largest absolute Gasteiger partial charge is 0.381 e. The molecule has 0 aromatic carbocycles. The van der Waals surface area contributed by atoms with Gasteiger partial charge in [0.25, 0.3) is 0 Å². The van der Waals surface area contributed by atoms with Crippen LogP contribution in [0.4, 0.5) is 0 Å². The van der Waals surface area contributed by atoms with E-state index < -0.39 is 0 Å². The van der Waals surface area contributed by atoms with Crippen molar-refractivity contribution >= 4 is 29.9 Å². The Bertz CT molecular complexity index is 389. The quantitative estimate of drug-likeness (QED) is 0.341. The third-order valence-electron chi connectivity index (χ3n) is 5.55. The highest BCUT2D eigenvalue weighted by atomic mass is 127. The fraction of sp³-hybridized carbons (Fsp3) is 0.944. The first kappa shape index (κ1) is 22.9. The molecule has 0 aliphatic carbocycles. The van der Waals surface area contributed by atoms with Gasteiger partial charge in [0.15, 0.2) is 5.96 Å². The van der Waals surface area contributed by atoms with Crippen LogP contribution in [0.15, 0.2) is 4.99 Å². The van der Waals surface area contributed by atoms with Crippen LogP contribution in [-0.4, -0.2) is 76.1 Å². The van der Waals surface area contributed by atoms with Gasteiger partial charge in [-0.2, -0.15) is 0 Å². The highest BCUT2D eigenvalue weighted by molar-refractivity contribution is 14.0. The summed E-state index contributed by atoms with van der Waals surface area (Å²) in [6.45, 7) is 7.87. The summed E-state index contributed by atoms with van der Waals surface area (Å²) in [7, 11) is 3.62. The Balaban J connectivity index is 0.00000312. The molecule has 0 spiro atoms. The monoisotopic (exact) mass is 468 g/mol. The predicted octanol–water partition coefficient (Wildman–Crippen LogP) is 2.23. The minimum absolute atomic E-state index is 0. The Morgan fingerprint density at radius 2 is 2.04 bits per heavy atom. The van der Waals surface area contributed by atoms with Crippen molar-refractivity contribution in [1.82, 2.24) is 15.5 Å². The van der Waals surface area contributed by atoms with Gasteiger partial charge in [0, 0.05) is 65.9 Å². The summed E-state index contributed by atoms with van der Waals surface area (Å²) in [5, 5.41) is 6.89. The number of halogens is 1. The molecule has 2 aliphatic rings. The lowest BCUT2D eigenvalue weighted by atomic mass is 9.94. The van der Waals surface area contributed by atoms with Crippen LogP contribution in [-0.2, 0) is 9.47 Å². The summed E-state index contributed by atoms with van der Waals surface area (Å²) < 4.78 is 11.2. The Kier molecular flexibility index (Phi) is 11.3. The Morgan fingerprint density at radius 1 is 1.28 bits per heavy atom. The third-order valence-corrected chi connectivity index (χ3v) is 5.55. The average molecular weight is 468 g/mol. The molecule has 1 atom stereocenters. The van der Waals surface area contributed by atoms with E-state index in [9.17, 15) is 0 Å². The molecule has 6 nitrogen and oxygen atoms in total. The van der Waals surface area contributed by atoms with Gasteiger partial charge in [-0.15, -0.1) is 24.0 Å². The number of rotatable bonds is 7. The van der Waals surface area contributed by atoms with Gasteiger partial charge in [0.1, 0.15) is 0 Å². The topological polar surface area (TPSA) is 58.1 Å². The molecule has 0 saturated carbocycles. The second kappa shape index (κ2) is 12.3. The number of aliphatic imine (C=N–C) groups is 1. The number of ether oxygens (including phenoxy) is 2. The van der Waals surface area contributed by atoms with Crippen LogP contribution in [0.25, 0.3) is 0 Å². The van der Waals surface area contributed by atoms with E-state index in [0.29, 0.717) is 0 Å². The molecule has 2 heterocycles. The summed E-state index contributed by atoms with van der Waals surface area (Å²) in [6.07, 6.45) is 7.18. The normalized spacial score (nSPS) is 24.4. The summed E-state index contributed by atoms with van der Waals surface area (Å²) >= 11 is 0. The zero-order valence-electron chi connectivity index (χ0n) is 16.2. The second-order valence-corrected chi connectivity index (χ2v) is 6.95. The second-order valence-electron chi connectivity index (χ2n) is 6.95. The lowest BCUT2D eigenvalue weighted by molar-refractivity contribution is -0.0855. The van der Waals surface area contributed by atoms with E-state index in [1.165, 1.54) is 32.2 Å². The molecule has 148 valence electrons. The van der Waals surface area contributed by atoms with Crippen molar-refractivity contribution < 1.29 is 9.47 Å². The fourth-order valence-electron chi connectivity index (χ4n) is 3.80. The number of nitrogens with one attached hydrogen (secondary N) is 2. The summed E-state index contributed by atoms with van der Waals surface area (Å²) in [5.74, 6) is 0.864. The molecule has 0 bridgehead atoms. The maximum Gasteiger partial charge on any atom is 0.191 e. The first-order chi connectivity index (χ1) is 11.7. The van der Waals surface area contributed by atoms with Crippen LogP contribution < -0.4 is 10.6 Å². The summed E-state index contributed by atoms with van der Waals surface area (Å²) in [6, 6.07) is 0.759. The van der Waals surface area contributed by atoms with Gasteiger partial charge in [-0.3, -0.25) is 9.89 Å². The standard InChI is InChI=1S/C18H36N4O2.HI/c1-4-16-7-5-6-11-22(16)12-10-20-17(19-2)21-15-18(23-3)8-13-24-14-9-18;/h16H,4-15H2,1-3H3,(H2,19,20,21);1H. The minimum atomic E-state index is -0.129. The molecule has 2 N–H and O–H groups in total. The van der Waals surface area contributed by atoms with Crippen molar-refractivity contribution in [1.29, 1.82) is 0 Å². The number of hydrogen-bond acceptors (Lipinski definition) is 4. The van der Waals surface area contributed by atoms with Crippen molar-refractivity contribution in [2.75, 3.05) is 53.6 Å². The Hall–Kier alpha value is -0.120. The zero-order chi connectivity index (χ0) is 17.3. The van der Waals surface area contributed by atoms with E-state index in [1.807, 2.05) is 7.05 Å². The lowest BCUT2D eigenvalue weighted by Gasteiger charge is -2.36. The molecular weight excluding hydrogens is 431 g/mol. The molecule has 25 heavy (non-hydrogen) atoms. The van der Waals surface area contributed by atoms with E-state index in [-0.39, 0.29) is 29.6 Å². The SMILES string of the molecule is CCC1CCCCN1CCNC(=NC)NCC1(OC)CCOCC1.I. The molecule has 2 saturated heterocycles. The molecule has 1 unspecified atom stereocenters. The van der Waals surface area contributed by atoms with Gasteiger partial charge in [0.05, 0.1) is 5.60 Å². The maximum atomic E-state index is 5.77. The van der Waals surface area contributed by atoms with Crippen molar-refractivity contribution in [3.05, 3.63) is 0 Å². The number of methoxy groups -OCH3 is 1. The van der Waals surface area contributed by atoms with Gasteiger partial charge in [-0.05, 0) is 25.8 Å². The third kappa shape index (κ3) is 7.19. The van der Waals surface area contributed by atoms with E-state index in [1.54, 1.807) is 7.11 Å². The number of guanidine groups is 1. The van der Waals surface area contributed by atoms with Crippen molar-refractivity contribution in [3.8, 4) is 0 Å². The van der Waals surface area contributed by atoms with Crippen LogP contribution in [0.5, 0.6) is 0 Å². The van der Waals surface area contributed by atoms with Crippen molar-refractivity contribution in [2.24, 2.45) is 4.99 Å².